The number of thiocarbonyl (C=S) groups is 1. The molecule has 1 saturated heterocycles. The molecule has 508 valence electrons. The number of carbonyl (C=O) groups excluding carboxylic acids is 3. The van der Waals surface area contributed by atoms with Crippen LogP contribution in [0.15, 0.2) is 214 Å². The van der Waals surface area contributed by atoms with Crippen molar-refractivity contribution in [2.75, 3.05) is 77.1 Å². The van der Waals surface area contributed by atoms with E-state index < -0.39 is 23.7 Å². The molecule has 26 heteroatoms. The number of ether oxygens (including phenoxy) is 1. The third-order valence-corrected chi connectivity index (χ3v) is 15.5. The normalized spacial score (nSPS) is 12.1. The third-order valence-electron chi connectivity index (χ3n) is 15.3. The van der Waals surface area contributed by atoms with Crippen molar-refractivity contribution in [1.82, 2.24) is 40.0 Å². The molecule has 22 nitrogen and oxygen atoms in total. The smallest absolute Gasteiger partial charge is 0.416 e. The van der Waals surface area contributed by atoms with Gasteiger partial charge in [0.25, 0.3) is 24.0 Å². The number of esters is 1. The summed E-state index contributed by atoms with van der Waals surface area (Å²) in [6.45, 7) is 13.7. The maximum absolute atomic E-state index is 12.9. The molecule has 0 saturated carbocycles. The molecular formula is C73H72F3N15O7S. The van der Waals surface area contributed by atoms with Gasteiger partial charge in [-0.25, -0.2) is 19.7 Å². The summed E-state index contributed by atoms with van der Waals surface area (Å²) in [5, 5.41) is 24.5. The van der Waals surface area contributed by atoms with E-state index >= 15 is 0 Å². The second-order valence-electron chi connectivity index (χ2n) is 22.8. The van der Waals surface area contributed by atoms with Crippen LogP contribution >= 0.6 is 12.2 Å². The zero-order valence-electron chi connectivity index (χ0n) is 54.7. The molecule has 6 aromatic carbocycles. The minimum Gasteiger partial charge on any atom is -0.466 e. The number of nitrogens with one attached hydrogen (secondary N) is 8. The molecule has 3 amide bonds. The number of oxazole rings is 3. The second-order valence-corrected chi connectivity index (χ2v) is 23.2. The van der Waals surface area contributed by atoms with Crippen LogP contribution < -0.4 is 42.5 Å². The lowest BCUT2D eigenvalue weighted by atomic mass is 10.1. The molecule has 6 heterocycles. The van der Waals surface area contributed by atoms with Crippen molar-refractivity contribution in [2.45, 2.75) is 53.4 Å². The van der Waals surface area contributed by atoms with Crippen LogP contribution in [0.5, 0.6) is 0 Å². The number of pyridine rings is 2. The highest BCUT2D eigenvalue weighted by atomic mass is 32.1. The van der Waals surface area contributed by atoms with E-state index in [1.165, 1.54) is 29.5 Å². The summed E-state index contributed by atoms with van der Waals surface area (Å²) in [6.07, 6.45) is 7.15. The Hall–Kier alpha value is -11.7. The van der Waals surface area contributed by atoms with Gasteiger partial charge in [0.2, 0.25) is 0 Å². The van der Waals surface area contributed by atoms with Gasteiger partial charge in [0.05, 0.1) is 30.8 Å². The van der Waals surface area contributed by atoms with Crippen molar-refractivity contribution >= 4 is 93.1 Å². The maximum atomic E-state index is 12.9. The number of benzene rings is 6. The number of nitrogens with zero attached hydrogens (tertiary/aromatic N) is 7. The maximum Gasteiger partial charge on any atom is 0.416 e. The number of rotatable bonds is 20. The zero-order chi connectivity index (χ0) is 69.7. The zero-order valence-corrected chi connectivity index (χ0v) is 55.6. The summed E-state index contributed by atoms with van der Waals surface area (Å²) in [5.74, 6) is 1.06. The van der Waals surface area contributed by atoms with Gasteiger partial charge in [-0.1, -0.05) is 60.7 Å². The fourth-order valence-corrected chi connectivity index (χ4v) is 10.0. The highest BCUT2D eigenvalue weighted by Gasteiger charge is 2.30. The van der Waals surface area contributed by atoms with Gasteiger partial charge in [-0.3, -0.25) is 24.5 Å². The molecule has 99 heavy (non-hydrogen) atoms. The van der Waals surface area contributed by atoms with Crippen LogP contribution in [0, 0.1) is 20.8 Å². The van der Waals surface area contributed by atoms with E-state index in [1.807, 2.05) is 124 Å². The van der Waals surface area contributed by atoms with E-state index in [9.17, 15) is 27.6 Å². The molecule has 0 aliphatic carbocycles. The second kappa shape index (κ2) is 33.8. The van der Waals surface area contributed by atoms with E-state index in [0.717, 1.165) is 89.7 Å². The van der Waals surface area contributed by atoms with E-state index in [4.69, 9.17) is 30.2 Å². The monoisotopic (exact) mass is 1360 g/mol. The molecule has 1 aliphatic heterocycles. The summed E-state index contributed by atoms with van der Waals surface area (Å²) >= 11 is 5.42. The highest BCUT2D eigenvalue weighted by Crippen LogP contribution is 2.32. The number of hydrogen-bond acceptors (Lipinski definition) is 18. The summed E-state index contributed by atoms with van der Waals surface area (Å²) in [7, 11) is 2.16. The Kier molecular flexibility index (Phi) is 23.9. The first kappa shape index (κ1) is 70.1. The predicted octanol–water partition coefficient (Wildman–Crippen LogP) is 15.6. The number of aromatic nitrogens is 5. The lowest BCUT2D eigenvalue weighted by molar-refractivity contribution is -0.142. The van der Waals surface area contributed by atoms with Crippen LogP contribution in [-0.2, 0) is 35.2 Å². The van der Waals surface area contributed by atoms with Gasteiger partial charge >= 0.3 is 18.2 Å². The van der Waals surface area contributed by atoms with Crippen molar-refractivity contribution in [1.29, 1.82) is 0 Å². The summed E-state index contributed by atoms with van der Waals surface area (Å²) in [6, 6.07) is 46.7. The first-order valence-electron chi connectivity index (χ1n) is 31.5. The van der Waals surface area contributed by atoms with Gasteiger partial charge in [0.1, 0.15) is 12.2 Å². The molecule has 8 N–H and O–H groups in total. The lowest BCUT2D eigenvalue weighted by Gasteiger charge is -2.32. The summed E-state index contributed by atoms with van der Waals surface area (Å²) < 4.78 is 60.0. The Balaban J connectivity index is 0.000000161. The molecule has 0 spiro atoms. The van der Waals surface area contributed by atoms with Crippen molar-refractivity contribution in [3.05, 3.63) is 246 Å². The van der Waals surface area contributed by atoms with E-state index in [2.05, 4.69) is 96.4 Å². The Morgan fingerprint density at radius 1 is 0.556 bits per heavy atom. The van der Waals surface area contributed by atoms with Crippen LogP contribution in [0.4, 0.5) is 75.8 Å². The molecule has 11 aromatic rings. The molecule has 0 atom stereocenters. The Morgan fingerprint density at radius 2 is 1.10 bits per heavy atom. The van der Waals surface area contributed by atoms with Crippen LogP contribution in [0.1, 0.15) is 56.4 Å². The van der Waals surface area contributed by atoms with Crippen molar-refractivity contribution in [3.8, 4) is 22.6 Å². The van der Waals surface area contributed by atoms with Crippen LogP contribution in [0.3, 0.4) is 0 Å². The number of carbonyl (C=O) groups is 3. The minimum atomic E-state index is -4.45. The standard InChI is InChI=1S/C28H30N6O2.C23H21N5OS.C22H21F3N4O4/c1-20-5-10-24(16-25(20)32-28-30-18-26(36-28)23-4-3-11-29-17-23)31-27(35)22-8-6-21(7-9-22)19-34-14-12-33(2)13-15-34;1-16-7-8-19(27-23(30)26-14-17-5-3-2-4-6-17)13-20(16)28-22-25-15-21(29-22)18-9-11-24-12-10-18;1-3-32-19(30)11-17-12-26-21(33-17)29-18-10-16(7-4-13(18)2)28-20(31)27-15-8-5-14(6-9-15)22(23,24)25/h3-11,16-18H,12-15,19H2,1-2H3,(H,30,32)(H,31,35);2-13,15H,14H2,1H3,(H,25,28)(H2,26,27,30);4-10,12H,3,11H2,1-2H3,(H,26,29)(H2,27,28,31). The first-order valence-corrected chi connectivity index (χ1v) is 31.9. The van der Waals surface area contributed by atoms with Gasteiger partial charge < -0.3 is 65.4 Å². The number of urea groups is 1. The third kappa shape index (κ3) is 21.1. The van der Waals surface area contributed by atoms with Crippen molar-refractivity contribution in [3.63, 3.8) is 0 Å². The van der Waals surface area contributed by atoms with Crippen LogP contribution in [0.25, 0.3) is 22.6 Å². The fourth-order valence-electron chi connectivity index (χ4n) is 9.82. The van der Waals surface area contributed by atoms with Crippen LogP contribution in [-0.4, -0.2) is 97.6 Å². The minimum absolute atomic E-state index is 0.0484. The molecule has 0 radical (unpaired) electrons. The molecule has 1 fully saturated rings. The Labute approximate surface area is 574 Å². The number of likely N-dealkylation sites (N-methyl/N-ethyl adjacent to an activating group) is 1. The lowest BCUT2D eigenvalue weighted by Crippen LogP contribution is -2.43. The number of halogens is 3. The number of anilines is 10. The van der Waals surface area contributed by atoms with Gasteiger partial charge in [-0.2, -0.15) is 13.2 Å². The predicted molar refractivity (Wildman–Crippen MR) is 380 cm³/mol. The SMILES string of the molecule is CCOC(=O)Cc1cnc(Nc2cc(NC(=O)Nc3ccc(C(F)(F)F)cc3)ccc2C)o1.Cc1ccc(NC(=O)c2ccc(CN3CCN(C)CC3)cc2)cc1Nc1ncc(-c2cccnc2)o1.Cc1ccc(NC(=S)NCc2ccccc2)cc1Nc1ncc(-c2ccncc2)o1. The summed E-state index contributed by atoms with van der Waals surface area (Å²) in [4.78, 5) is 62.3. The fraction of sp³-hybridized carbons (Fsp3) is 0.192. The van der Waals surface area contributed by atoms with Crippen molar-refractivity contribution in [2.24, 2.45) is 0 Å². The Morgan fingerprint density at radius 3 is 1.68 bits per heavy atom. The molecule has 0 unspecified atom stereocenters. The number of aryl methyl sites for hydroxylation is 3. The molecule has 0 bridgehead atoms. The quantitative estimate of drug-likeness (QED) is 0.0260. The topological polar surface area (TPSA) is 267 Å². The van der Waals surface area contributed by atoms with E-state index in [0.29, 0.717) is 63.6 Å². The van der Waals surface area contributed by atoms with Gasteiger partial charge in [-0.15, -0.1) is 0 Å². The Bertz CT molecular complexity index is 4480. The van der Waals surface area contributed by atoms with Crippen LogP contribution in [0.2, 0.25) is 0 Å². The first-order chi connectivity index (χ1) is 47.8. The number of hydrogen-bond donors (Lipinski definition) is 8. The number of amides is 3. The van der Waals surface area contributed by atoms with Gasteiger partial charge in [-0.05, 0) is 172 Å². The summed E-state index contributed by atoms with van der Waals surface area (Å²) in [5.41, 5.74) is 11.3. The highest BCUT2D eigenvalue weighted by molar-refractivity contribution is 7.80. The molecule has 12 rings (SSSR count). The average molecular weight is 1360 g/mol. The largest absolute Gasteiger partial charge is 0.466 e. The number of alkyl halides is 3. The molecular weight excluding hydrogens is 1290 g/mol. The van der Waals surface area contributed by atoms with Gasteiger partial charge in [0, 0.05) is 121 Å². The molecule has 1 aliphatic rings. The van der Waals surface area contributed by atoms with E-state index in [1.54, 1.807) is 62.3 Å². The van der Waals surface area contributed by atoms with Gasteiger partial charge in [0.15, 0.2) is 16.6 Å². The average Bonchev–Trinajstić information content (AvgIpc) is 1.82. The van der Waals surface area contributed by atoms with Crippen molar-refractivity contribution < 1.29 is 45.5 Å². The number of piperazine rings is 1. The molecule has 5 aromatic heterocycles. The van der Waals surface area contributed by atoms with E-state index in [-0.39, 0.29) is 30.6 Å².